The molecule has 3 N–H and O–H groups in total. The van der Waals surface area contributed by atoms with E-state index in [1.807, 2.05) is 71.9 Å². The Morgan fingerprint density at radius 2 is 1.88 bits per heavy atom. The Morgan fingerprint density at radius 1 is 1.27 bits per heavy atom. The van der Waals surface area contributed by atoms with Crippen LogP contribution in [0.3, 0.4) is 0 Å². The van der Waals surface area contributed by atoms with Crippen LogP contribution in [0.1, 0.15) is 54.0 Å². The van der Waals surface area contributed by atoms with E-state index in [4.69, 9.17) is 10.8 Å². The topological polar surface area (TPSA) is 76.2 Å². The quantitative estimate of drug-likeness (QED) is 0.512. The molecule has 0 amide bonds. The summed E-state index contributed by atoms with van der Waals surface area (Å²) in [7, 11) is 0. The summed E-state index contributed by atoms with van der Waals surface area (Å²) >= 11 is 0. The maximum atomic E-state index is 11.1. The van der Waals surface area contributed by atoms with Gasteiger partial charge in [-0.15, -0.1) is 0 Å². The number of nitrogens with zero attached hydrogens (tertiary/aromatic N) is 1. The highest BCUT2D eigenvalue weighted by Crippen LogP contribution is 2.23. The smallest absolute Gasteiger partial charge is 0.331 e. The highest BCUT2D eigenvalue weighted by atomic mass is 16.4. The predicted octanol–water partition coefficient (Wildman–Crippen LogP) is 5.60. The number of carboxylic acid groups (broad SMARTS) is 1. The number of hydrogen-bond acceptors (Lipinski definition) is 3. The molecular formula is C22H34N2O2. The number of aliphatic carboxylic acids is 1. The second-order valence-corrected chi connectivity index (χ2v) is 4.95. The third-order valence-electron chi connectivity index (χ3n) is 3.21. The number of pyridine rings is 1. The van der Waals surface area contributed by atoms with Crippen molar-refractivity contribution in [3.63, 3.8) is 0 Å². The largest absolute Gasteiger partial charge is 0.478 e. The lowest BCUT2D eigenvalue weighted by Gasteiger charge is -2.11. The molecule has 0 aliphatic rings. The van der Waals surface area contributed by atoms with Crippen LogP contribution in [0, 0.1) is 5.92 Å². The normalized spacial score (nSPS) is 13.3. The van der Waals surface area contributed by atoms with Gasteiger partial charge in [-0.25, -0.2) is 4.79 Å². The van der Waals surface area contributed by atoms with Crippen molar-refractivity contribution >= 4 is 11.5 Å². The number of nitrogens with two attached hydrogens (primary N) is 1. The Labute approximate surface area is 158 Å². The van der Waals surface area contributed by atoms with E-state index in [0.29, 0.717) is 0 Å². The number of hydrogen-bond donors (Lipinski definition) is 2. The minimum atomic E-state index is -0.939. The Hall–Kier alpha value is -2.62. The molecule has 1 atom stereocenters. The lowest BCUT2D eigenvalue weighted by Crippen LogP contribution is -2.00. The molecule has 1 rings (SSSR count). The van der Waals surface area contributed by atoms with Crippen molar-refractivity contribution in [1.82, 2.24) is 4.98 Å². The third kappa shape index (κ3) is 9.62. The van der Waals surface area contributed by atoms with Crippen molar-refractivity contribution in [2.75, 3.05) is 0 Å². The van der Waals surface area contributed by atoms with Crippen LogP contribution < -0.4 is 5.73 Å². The van der Waals surface area contributed by atoms with Crippen LogP contribution in [0.5, 0.6) is 0 Å². The van der Waals surface area contributed by atoms with Crippen molar-refractivity contribution in [2.45, 2.75) is 48.5 Å². The van der Waals surface area contributed by atoms with Crippen molar-refractivity contribution < 1.29 is 9.90 Å². The monoisotopic (exact) mass is 358 g/mol. The van der Waals surface area contributed by atoms with Crippen LogP contribution >= 0.6 is 0 Å². The van der Waals surface area contributed by atoms with Crippen LogP contribution in [0.2, 0.25) is 0 Å². The Balaban J connectivity index is 0. The molecular weight excluding hydrogens is 324 g/mol. The van der Waals surface area contributed by atoms with Crippen molar-refractivity contribution in [1.29, 1.82) is 0 Å². The van der Waals surface area contributed by atoms with Gasteiger partial charge in [0.1, 0.15) is 0 Å². The molecule has 4 heteroatoms. The third-order valence-corrected chi connectivity index (χ3v) is 3.21. The first kappa shape index (κ1) is 25.6. The van der Waals surface area contributed by atoms with Crippen LogP contribution in [-0.4, -0.2) is 16.1 Å². The zero-order valence-electron chi connectivity index (χ0n) is 17.2. The molecule has 0 bridgehead atoms. The van der Waals surface area contributed by atoms with Crippen LogP contribution in [0.4, 0.5) is 0 Å². The lowest BCUT2D eigenvalue weighted by atomic mass is 9.95. The average Bonchev–Trinajstić information content (AvgIpc) is 2.69. The summed E-state index contributed by atoms with van der Waals surface area (Å²) in [6.45, 7) is 13.5. The zero-order chi connectivity index (χ0) is 20.5. The molecule has 0 saturated carbocycles. The maximum Gasteiger partial charge on any atom is 0.331 e. The van der Waals surface area contributed by atoms with Crippen LogP contribution in [0.25, 0.3) is 5.57 Å². The number of carboxylic acids is 1. The molecule has 0 aromatic carbocycles. The summed E-state index contributed by atoms with van der Waals surface area (Å²) < 4.78 is 0. The Morgan fingerprint density at radius 3 is 2.31 bits per heavy atom. The Kier molecular flexibility index (Phi) is 15.6. The number of aromatic nitrogens is 1. The Bertz CT molecular complexity index is 627. The van der Waals surface area contributed by atoms with Gasteiger partial charge in [0, 0.05) is 23.9 Å². The molecule has 0 aliphatic carbocycles. The SMILES string of the molecule is C/C=C\C(=C/N)C(C)/C=C(\C=C(/C)C(=O)O)c1cccnc1.CC.CC. The van der Waals surface area contributed by atoms with Gasteiger partial charge < -0.3 is 10.8 Å². The first-order valence-electron chi connectivity index (χ1n) is 9.07. The highest BCUT2D eigenvalue weighted by molar-refractivity contribution is 5.90. The second kappa shape index (κ2) is 15.9. The van der Waals surface area contributed by atoms with E-state index in [-0.39, 0.29) is 11.5 Å². The fraction of sp³-hybridized carbons (Fsp3) is 0.364. The van der Waals surface area contributed by atoms with Crippen LogP contribution in [-0.2, 0) is 4.79 Å². The second-order valence-electron chi connectivity index (χ2n) is 4.95. The van der Waals surface area contributed by atoms with Gasteiger partial charge in [0.15, 0.2) is 0 Å². The molecule has 0 fully saturated rings. The highest BCUT2D eigenvalue weighted by Gasteiger charge is 2.08. The molecule has 26 heavy (non-hydrogen) atoms. The van der Waals surface area contributed by atoms with E-state index in [0.717, 1.165) is 16.7 Å². The van der Waals surface area contributed by atoms with Gasteiger partial charge in [-0.2, -0.15) is 0 Å². The van der Waals surface area contributed by atoms with Crippen molar-refractivity contribution in [3.8, 4) is 0 Å². The van der Waals surface area contributed by atoms with Gasteiger partial charge in [0.05, 0.1) is 0 Å². The molecule has 1 aromatic heterocycles. The van der Waals surface area contributed by atoms with Gasteiger partial charge in [-0.3, -0.25) is 4.98 Å². The minimum Gasteiger partial charge on any atom is -0.478 e. The summed E-state index contributed by atoms with van der Waals surface area (Å²) in [5.41, 5.74) is 8.57. The first-order chi connectivity index (χ1) is 12.5. The molecule has 4 nitrogen and oxygen atoms in total. The van der Waals surface area contributed by atoms with Crippen molar-refractivity contribution in [3.05, 3.63) is 71.7 Å². The molecule has 1 unspecified atom stereocenters. The lowest BCUT2D eigenvalue weighted by molar-refractivity contribution is -0.132. The summed E-state index contributed by atoms with van der Waals surface area (Å²) in [6, 6.07) is 3.72. The molecule has 0 spiro atoms. The molecule has 0 aliphatic heterocycles. The van der Waals surface area contributed by atoms with E-state index in [1.165, 1.54) is 0 Å². The summed E-state index contributed by atoms with van der Waals surface area (Å²) in [6.07, 6.45) is 12.5. The summed E-state index contributed by atoms with van der Waals surface area (Å²) in [5.74, 6) is -0.889. The van der Waals surface area contributed by atoms with Gasteiger partial charge in [0.2, 0.25) is 0 Å². The van der Waals surface area contributed by atoms with Gasteiger partial charge in [0.25, 0.3) is 0 Å². The molecule has 0 saturated heterocycles. The first-order valence-corrected chi connectivity index (χ1v) is 9.07. The maximum absolute atomic E-state index is 11.1. The van der Waals surface area contributed by atoms with Gasteiger partial charge in [-0.05, 0) is 48.9 Å². The molecule has 1 heterocycles. The number of allylic oxidation sites excluding steroid dienone is 6. The van der Waals surface area contributed by atoms with E-state index in [9.17, 15) is 4.79 Å². The van der Waals surface area contributed by atoms with Gasteiger partial charge in [-0.1, -0.05) is 58.9 Å². The average molecular weight is 359 g/mol. The molecule has 144 valence electrons. The zero-order valence-corrected chi connectivity index (χ0v) is 17.2. The van der Waals surface area contributed by atoms with E-state index < -0.39 is 5.97 Å². The molecule has 1 aromatic rings. The van der Waals surface area contributed by atoms with E-state index in [2.05, 4.69) is 4.98 Å². The minimum absolute atomic E-state index is 0.0502. The summed E-state index contributed by atoms with van der Waals surface area (Å²) in [5, 5.41) is 9.10. The van der Waals surface area contributed by atoms with Crippen molar-refractivity contribution in [2.24, 2.45) is 11.7 Å². The van der Waals surface area contributed by atoms with Crippen LogP contribution in [0.15, 0.2) is 66.2 Å². The predicted molar refractivity (Wildman–Crippen MR) is 113 cm³/mol. The van der Waals surface area contributed by atoms with Gasteiger partial charge >= 0.3 is 5.97 Å². The van der Waals surface area contributed by atoms with E-state index in [1.54, 1.807) is 31.6 Å². The fourth-order valence-electron chi connectivity index (χ4n) is 1.97. The standard InChI is InChI=1S/C18H22N2O2.2C2H6/c1-4-6-15(11-19)13(2)9-17(10-14(3)18(21)22)16-7-5-8-20-12-16;2*1-2/h4-13H,19H2,1-3H3,(H,21,22);2*1-2H3/b6-4-,14-10+,15-11+,17-9+;;. The van der Waals surface area contributed by atoms with E-state index >= 15 is 0 Å². The summed E-state index contributed by atoms with van der Waals surface area (Å²) in [4.78, 5) is 15.2. The fourth-order valence-corrected chi connectivity index (χ4v) is 1.97. The number of rotatable bonds is 6. The molecule has 0 radical (unpaired) electrons. The number of carbonyl (C=O) groups is 1.